The van der Waals surface area contributed by atoms with Crippen LogP contribution in [-0.2, 0) is 4.74 Å². The molecule has 18 heavy (non-hydrogen) atoms. The van der Waals surface area contributed by atoms with Crippen molar-refractivity contribution in [3.63, 3.8) is 0 Å². The van der Waals surface area contributed by atoms with Gasteiger partial charge in [0.25, 0.3) is 0 Å². The molecule has 1 N–H and O–H groups in total. The molecule has 1 aliphatic heterocycles. The minimum absolute atomic E-state index is 0.327. The van der Waals surface area contributed by atoms with E-state index in [0.717, 1.165) is 30.9 Å². The maximum atomic E-state index is 6.01. The van der Waals surface area contributed by atoms with Gasteiger partial charge in [0.2, 0.25) is 0 Å². The zero-order valence-corrected chi connectivity index (χ0v) is 12.5. The quantitative estimate of drug-likeness (QED) is 0.781. The monoisotopic (exact) mass is 253 g/mol. The molecule has 0 aromatic rings. The second kappa shape index (κ2) is 6.38. The van der Waals surface area contributed by atoms with Crippen molar-refractivity contribution in [2.45, 2.75) is 64.9 Å². The van der Waals surface area contributed by atoms with Crippen molar-refractivity contribution < 1.29 is 4.74 Å². The van der Waals surface area contributed by atoms with Crippen LogP contribution in [0.25, 0.3) is 0 Å². The van der Waals surface area contributed by atoms with Gasteiger partial charge >= 0.3 is 0 Å². The minimum Gasteiger partial charge on any atom is -0.375 e. The van der Waals surface area contributed by atoms with Crippen LogP contribution in [0, 0.1) is 17.8 Å². The Morgan fingerprint density at radius 1 is 1.22 bits per heavy atom. The van der Waals surface area contributed by atoms with Crippen LogP contribution in [0.4, 0.5) is 0 Å². The number of ether oxygens (including phenoxy) is 1. The predicted molar refractivity (Wildman–Crippen MR) is 76.7 cm³/mol. The van der Waals surface area contributed by atoms with E-state index in [9.17, 15) is 0 Å². The molecule has 106 valence electrons. The van der Waals surface area contributed by atoms with Gasteiger partial charge < -0.3 is 10.1 Å². The van der Waals surface area contributed by atoms with Gasteiger partial charge in [0.1, 0.15) is 0 Å². The molecular formula is C16H31NO. The number of hydrogen-bond acceptors (Lipinski definition) is 2. The third-order valence-electron chi connectivity index (χ3n) is 4.64. The van der Waals surface area contributed by atoms with Crippen molar-refractivity contribution >= 4 is 0 Å². The van der Waals surface area contributed by atoms with E-state index in [0.29, 0.717) is 5.60 Å². The predicted octanol–water partition coefficient (Wildman–Crippen LogP) is 3.61. The maximum absolute atomic E-state index is 6.01. The Morgan fingerprint density at radius 3 is 2.61 bits per heavy atom. The highest BCUT2D eigenvalue weighted by atomic mass is 16.5. The lowest BCUT2D eigenvalue weighted by molar-refractivity contribution is -0.145. The number of hydrogen-bond donors (Lipinski definition) is 1. The molecule has 0 aromatic heterocycles. The molecule has 0 radical (unpaired) electrons. The highest BCUT2D eigenvalue weighted by Gasteiger charge is 2.42. The Labute approximate surface area is 113 Å². The molecule has 2 aliphatic rings. The first-order chi connectivity index (χ1) is 8.60. The van der Waals surface area contributed by atoms with Gasteiger partial charge in [-0.1, -0.05) is 20.8 Å². The lowest BCUT2D eigenvalue weighted by Crippen LogP contribution is -2.45. The first kappa shape index (κ1) is 14.3. The van der Waals surface area contributed by atoms with E-state index in [1.165, 1.54) is 45.1 Å². The van der Waals surface area contributed by atoms with Crippen LogP contribution >= 0.6 is 0 Å². The summed E-state index contributed by atoms with van der Waals surface area (Å²) in [5.41, 5.74) is 0.327. The number of nitrogens with one attached hydrogen (secondary N) is 1. The van der Waals surface area contributed by atoms with Crippen molar-refractivity contribution in [1.82, 2.24) is 5.32 Å². The molecule has 2 nitrogen and oxygen atoms in total. The van der Waals surface area contributed by atoms with E-state index < -0.39 is 0 Å². The van der Waals surface area contributed by atoms with Gasteiger partial charge in [0.05, 0.1) is 5.60 Å². The summed E-state index contributed by atoms with van der Waals surface area (Å²) in [5.74, 6) is 2.48. The topological polar surface area (TPSA) is 21.3 Å². The fourth-order valence-electron chi connectivity index (χ4n) is 3.52. The smallest absolute Gasteiger partial charge is 0.0685 e. The molecule has 2 fully saturated rings. The van der Waals surface area contributed by atoms with Gasteiger partial charge in [-0.3, -0.25) is 0 Å². The van der Waals surface area contributed by atoms with Gasteiger partial charge in [0.15, 0.2) is 0 Å². The average Bonchev–Trinajstić information content (AvgIpc) is 2.26. The summed E-state index contributed by atoms with van der Waals surface area (Å²) in [4.78, 5) is 0. The summed E-state index contributed by atoms with van der Waals surface area (Å²) in [7, 11) is 0. The Balaban J connectivity index is 1.65. The van der Waals surface area contributed by atoms with Crippen LogP contribution in [0.5, 0.6) is 0 Å². The van der Waals surface area contributed by atoms with E-state index >= 15 is 0 Å². The van der Waals surface area contributed by atoms with Crippen molar-refractivity contribution in [2.24, 2.45) is 17.8 Å². The van der Waals surface area contributed by atoms with Crippen LogP contribution in [0.3, 0.4) is 0 Å². The third kappa shape index (κ3) is 3.96. The van der Waals surface area contributed by atoms with E-state index in [4.69, 9.17) is 4.74 Å². The summed E-state index contributed by atoms with van der Waals surface area (Å²) >= 11 is 0. The zero-order chi connectivity index (χ0) is 13.0. The lowest BCUT2D eigenvalue weighted by Gasteiger charge is -2.47. The zero-order valence-electron chi connectivity index (χ0n) is 12.5. The van der Waals surface area contributed by atoms with Crippen LogP contribution in [0.15, 0.2) is 0 Å². The molecule has 1 saturated heterocycles. The molecule has 0 bridgehead atoms. The highest BCUT2D eigenvalue weighted by molar-refractivity contribution is 4.94. The van der Waals surface area contributed by atoms with Gasteiger partial charge in [-0.15, -0.1) is 0 Å². The second-order valence-corrected chi connectivity index (χ2v) is 7.14. The number of rotatable bonds is 6. The molecule has 2 rings (SSSR count). The Hall–Kier alpha value is -0.0800. The molecule has 0 aromatic carbocycles. The second-order valence-electron chi connectivity index (χ2n) is 7.14. The van der Waals surface area contributed by atoms with Gasteiger partial charge in [-0.25, -0.2) is 0 Å². The molecular weight excluding hydrogens is 222 g/mol. The molecule has 2 heteroatoms. The van der Waals surface area contributed by atoms with Crippen molar-refractivity contribution in [1.29, 1.82) is 0 Å². The molecule has 1 aliphatic carbocycles. The van der Waals surface area contributed by atoms with E-state index in [2.05, 4.69) is 26.1 Å². The van der Waals surface area contributed by atoms with Crippen LogP contribution in [-0.4, -0.2) is 25.3 Å². The molecule has 2 atom stereocenters. The molecule has 0 amide bonds. The highest BCUT2D eigenvalue weighted by Crippen LogP contribution is 2.45. The van der Waals surface area contributed by atoms with Crippen molar-refractivity contribution in [3.05, 3.63) is 0 Å². The summed E-state index contributed by atoms with van der Waals surface area (Å²) in [6.07, 6.45) is 8.04. The van der Waals surface area contributed by atoms with Crippen LogP contribution < -0.4 is 5.32 Å². The Morgan fingerprint density at radius 2 is 2.00 bits per heavy atom. The summed E-state index contributed by atoms with van der Waals surface area (Å²) < 4.78 is 6.01. The van der Waals surface area contributed by atoms with Gasteiger partial charge in [-0.2, -0.15) is 0 Å². The Kier molecular flexibility index (Phi) is 5.08. The maximum Gasteiger partial charge on any atom is 0.0685 e. The van der Waals surface area contributed by atoms with Crippen LogP contribution in [0.1, 0.15) is 59.3 Å². The normalized spacial score (nSPS) is 28.3. The van der Waals surface area contributed by atoms with E-state index in [1.54, 1.807) is 0 Å². The first-order valence-electron chi connectivity index (χ1n) is 7.94. The molecule has 2 unspecified atom stereocenters. The van der Waals surface area contributed by atoms with Gasteiger partial charge in [0, 0.05) is 6.61 Å². The SMILES string of the molecule is CC(C)CNCC(C)CC1CCOC2(CCC2)C1. The molecule has 1 spiro atoms. The largest absolute Gasteiger partial charge is 0.375 e. The van der Waals surface area contributed by atoms with Crippen LogP contribution in [0.2, 0.25) is 0 Å². The Bertz CT molecular complexity index is 247. The fraction of sp³-hybridized carbons (Fsp3) is 1.00. The van der Waals surface area contributed by atoms with Crippen molar-refractivity contribution in [3.8, 4) is 0 Å². The van der Waals surface area contributed by atoms with E-state index in [1.807, 2.05) is 0 Å². The minimum atomic E-state index is 0.327. The summed E-state index contributed by atoms with van der Waals surface area (Å²) in [5, 5.41) is 3.59. The molecule has 1 heterocycles. The fourth-order valence-corrected chi connectivity index (χ4v) is 3.52. The third-order valence-corrected chi connectivity index (χ3v) is 4.64. The lowest BCUT2D eigenvalue weighted by atomic mass is 9.70. The molecule has 1 saturated carbocycles. The van der Waals surface area contributed by atoms with E-state index in [-0.39, 0.29) is 0 Å². The first-order valence-corrected chi connectivity index (χ1v) is 7.94. The summed E-state index contributed by atoms with van der Waals surface area (Å²) in [6, 6.07) is 0. The van der Waals surface area contributed by atoms with Gasteiger partial charge in [-0.05, 0) is 69.4 Å². The standard InChI is InChI=1S/C16H31NO/c1-13(2)11-17-12-14(3)9-15-5-8-18-16(10-15)6-4-7-16/h13-15,17H,4-12H2,1-3H3. The summed E-state index contributed by atoms with van der Waals surface area (Å²) in [6.45, 7) is 10.3. The van der Waals surface area contributed by atoms with Crippen molar-refractivity contribution in [2.75, 3.05) is 19.7 Å². The average molecular weight is 253 g/mol.